The number of carbonyl (C=O) groups is 1. The van der Waals surface area contributed by atoms with Crippen LogP contribution in [0, 0.1) is 0 Å². The number of hydrogen-bond donors (Lipinski definition) is 3. The lowest BCUT2D eigenvalue weighted by Crippen LogP contribution is -2.13. The number of unbranched alkanes of at least 4 members (excludes halogenated alkanes) is 1. The van der Waals surface area contributed by atoms with Gasteiger partial charge >= 0.3 is 0 Å². The average Bonchev–Trinajstić information content (AvgIpc) is 2.85. The fourth-order valence-corrected chi connectivity index (χ4v) is 1.62. The smallest absolute Gasteiger partial charge is 0.256 e. The second kappa shape index (κ2) is 6.60. The lowest BCUT2D eigenvalue weighted by atomic mass is 10.2. The third-order valence-corrected chi connectivity index (χ3v) is 2.79. The molecule has 0 saturated heterocycles. The zero-order valence-corrected chi connectivity index (χ0v) is 11.3. The van der Waals surface area contributed by atoms with Crippen LogP contribution in [0.4, 0.5) is 11.5 Å². The number of amides is 1. The highest BCUT2D eigenvalue weighted by molar-refractivity contribution is 6.05. The third kappa shape index (κ3) is 3.50. The van der Waals surface area contributed by atoms with Gasteiger partial charge in [-0.05, 0) is 30.7 Å². The Morgan fingerprint density at radius 3 is 2.75 bits per heavy atom. The first-order valence-electron chi connectivity index (χ1n) is 6.53. The molecule has 0 radical (unpaired) electrons. The van der Waals surface area contributed by atoms with Crippen LogP contribution >= 0.6 is 0 Å². The van der Waals surface area contributed by atoms with Crippen LogP contribution in [0.3, 0.4) is 0 Å². The van der Waals surface area contributed by atoms with Gasteiger partial charge in [-0.25, -0.2) is 0 Å². The Morgan fingerprint density at radius 2 is 2.15 bits per heavy atom. The predicted molar refractivity (Wildman–Crippen MR) is 77.8 cm³/mol. The van der Waals surface area contributed by atoms with Crippen molar-refractivity contribution in [3.05, 3.63) is 36.0 Å². The Morgan fingerprint density at radius 1 is 1.40 bits per heavy atom. The van der Waals surface area contributed by atoms with Gasteiger partial charge < -0.3 is 15.8 Å². The molecule has 1 heterocycles. The molecule has 0 aliphatic heterocycles. The fraction of sp³-hybridized carbons (Fsp3) is 0.286. The highest BCUT2D eigenvalue weighted by atomic mass is 16.5. The van der Waals surface area contributed by atoms with Gasteiger partial charge in [0.25, 0.3) is 5.91 Å². The summed E-state index contributed by atoms with van der Waals surface area (Å²) in [6.07, 6.45) is 3.55. The highest BCUT2D eigenvalue weighted by Gasteiger charge is 2.09. The molecule has 0 spiro atoms. The highest BCUT2D eigenvalue weighted by Crippen LogP contribution is 2.16. The van der Waals surface area contributed by atoms with E-state index in [4.69, 9.17) is 10.5 Å². The van der Waals surface area contributed by atoms with Gasteiger partial charge in [-0.2, -0.15) is 5.10 Å². The number of carbonyl (C=O) groups excluding carboxylic acids is 1. The first-order valence-corrected chi connectivity index (χ1v) is 6.53. The molecule has 0 aliphatic carbocycles. The van der Waals surface area contributed by atoms with Crippen molar-refractivity contribution in [2.75, 3.05) is 17.7 Å². The minimum Gasteiger partial charge on any atom is -0.494 e. The number of nitrogens with two attached hydrogens (primary N) is 1. The van der Waals surface area contributed by atoms with E-state index in [1.807, 2.05) is 0 Å². The standard InChI is InChI=1S/C14H18N4O2/c1-2-3-8-20-11-6-4-10(5-7-11)14(19)17-13-12(15)9-16-18-13/h4-7,9H,2-3,8,15H2,1H3,(H2,16,17,18,19). The zero-order chi connectivity index (χ0) is 14.4. The number of H-pyrrole nitrogens is 1. The van der Waals surface area contributed by atoms with Crippen molar-refractivity contribution in [3.8, 4) is 5.75 Å². The number of hydrogen-bond acceptors (Lipinski definition) is 4. The summed E-state index contributed by atoms with van der Waals surface area (Å²) in [5, 5.41) is 9.02. The first kappa shape index (κ1) is 13.9. The van der Waals surface area contributed by atoms with Crippen molar-refractivity contribution in [1.82, 2.24) is 10.2 Å². The van der Waals surface area contributed by atoms with E-state index in [0.29, 0.717) is 23.7 Å². The molecule has 0 saturated carbocycles. The van der Waals surface area contributed by atoms with Gasteiger partial charge in [0, 0.05) is 5.56 Å². The van der Waals surface area contributed by atoms with Gasteiger partial charge in [0.2, 0.25) is 0 Å². The van der Waals surface area contributed by atoms with Crippen LogP contribution < -0.4 is 15.8 Å². The Bertz CT molecular complexity index is 563. The van der Waals surface area contributed by atoms with Gasteiger partial charge in [0.05, 0.1) is 18.5 Å². The summed E-state index contributed by atoms with van der Waals surface area (Å²) in [7, 11) is 0. The number of anilines is 2. The predicted octanol–water partition coefficient (Wildman–Crippen LogP) is 2.42. The Hall–Kier alpha value is -2.50. The van der Waals surface area contributed by atoms with Gasteiger partial charge in [0.1, 0.15) is 5.75 Å². The van der Waals surface area contributed by atoms with Crippen LogP contribution in [-0.4, -0.2) is 22.7 Å². The van der Waals surface area contributed by atoms with Gasteiger partial charge in [-0.15, -0.1) is 0 Å². The fourth-order valence-electron chi connectivity index (χ4n) is 1.62. The maximum Gasteiger partial charge on any atom is 0.256 e. The summed E-state index contributed by atoms with van der Waals surface area (Å²) in [6, 6.07) is 6.98. The van der Waals surface area contributed by atoms with E-state index in [9.17, 15) is 4.79 Å². The number of rotatable bonds is 6. The second-order valence-electron chi connectivity index (χ2n) is 4.38. The number of nitrogens with one attached hydrogen (secondary N) is 2. The first-order chi connectivity index (χ1) is 9.70. The molecule has 1 amide bonds. The Kier molecular flexibility index (Phi) is 4.60. The van der Waals surface area contributed by atoms with Crippen LogP contribution in [0.2, 0.25) is 0 Å². The molecule has 20 heavy (non-hydrogen) atoms. The molecule has 0 fully saturated rings. The SMILES string of the molecule is CCCCOc1ccc(C(=O)Nc2[nH]ncc2N)cc1. The number of nitrogens with zero attached hydrogens (tertiary/aromatic N) is 1. The van der Waals surface area contributed by atoms with Crippen molar-refractivity contribution >= 4 is 17.4 Å². The molecule has 1 aromatic carbocycles. The maximum absolute atomic E-state index is 12.0. The molecule has 1 aromatic heterocycles. The van der Waals surface area contributed by atoms with Crippen LogP contribution in [0.15, 0.2) is 30.5 Å². The van der Waals surface area contributed by atoms with E-state index in [1.165, 1.54) is 6.20 Å². The maximum atomic E-state index is 12.0. The molecule has 6 heteroatoms. The number of nitrogen functional groups attached to an aromatic ring is 1. The lowest BCUT2D eigenvalue weighted by Gasteiger charge is -2.07. The van der Waals surface area contributed by atoms with E-state index in [2.05, 4.69) is 22.4 Å². The molecular weight excluding hydrogens is 256 g/mol. The molecule has 2 rings (SSSR count). The van der Waals surface area contributed by atoms with Crippen molar-refractivity contribution < 1.29 is 9.53 Å². The summed E-state index contributed by atoms with van der Waals surface area (Å²) in [4.78, 5) is 12.0. The van der Waals surface area contributed by atoms with Crippen molar-refractivity contribution in [2.45, 2.75) is 19.8 Å². The van der Waals surface area contributed by atoms with Gasteiger partial charge in [-0.1, -0.05) is 13.3 Å². The largest absolute Gasteiger partial charge is 0.494 e. The van der Waals surface area contributed by atoms with Crippen LogP contribution in [-0.2, 0) is 0 Å². The Labute approximate surface area is 117 Å². The van der Waals surface area contributed by atoms with E-state index in [-0.39, 0.29) is 5.91 Å². The molecule has 0 atom stereocenters. The van der Waals surface area contributed by atoms with E-state index < -0.39 is 0 Å². The second-order valence-corrected chi connectivity index (χ2v) is 4.38. The van der Waals surface area contributed by atoms with Gasteiger partial charge in [-0.3, -0.25) is 9.89 Å². The van der Waals surface area contributed by atoms with Crippen LogP contribution in [0.5, 0.6) is 5.75 Å². The summed E-state index contributed by atoms with van der Waals surface area (Å²) >= 11 is 0. The third-order valence-electron chi connectivity index (χ3n) is 2.79. The molecule has 0 aliphatic rings. The number of benzene rings is 1. The summed E-state index contributed by atoms with van der Waals surface area (Å²) in [5.41, 5.74) is 6.56. The number of aromatic nitrogens is 2. The van der Waals surface area contributed by atoms with E-state index in [0.717, 1.165) is 18.6 Å². The monoisotopic (exact) mass is 274 g/mol. The summed E-state index contributed by atoms with van der Waals surface area (Å²) in [5.74, 6) is 0.912. The van der Waals surface area contributed by atoms with Crippen LogP contribution in [0.1, 0.15) is 30.1 Å². The normalized spacial score (nSPS) is 10.2. The lowest BCUT2D eigenvalue weighted by molar-refractivity contribution is 0.102. The quantitative estimate of drug-likeness (QED) is 0.705. The average molecular weight is 274 g/mol. The molecule has 4 N–H and O–H groups in total. The Balaban J connectivity index is 1.95. The van der Waals surface area contributed by atoms with Crippen molar-refractivity contribution in [2.24, 2.45) is 0 Å². The molecule has 106 valence electrons. The van der Waals surface area contributed by atoms with Crippen molar-refractivity contribution in [3.63, 3.8) is 0 Å². The van der Waals surface area contributed by atoms with E-state index >= 15 is 0 Å². The molecule has 2 aromatic rings. The zero-order valence-electron chi connectivity index (χ0n) is 11.3. The van der Waals surface area contributed by atoms with Crippen LogP contribution in [0.25, 0.3) is 0 Å². The topological polar surface area (TPSA) is 93.0 Å². The molecule has 0 unspecified atom stereocenters. The summed E-state index contributed by atoms with van der Waals surface area (Å²) < 4.78 is 5.54. The molecule has 6 nitrogen and oxygen atoms in total. The number of aromatic amines is 1. The van der Waals surface area contributed by atoms with Gasteiger partial charge in [0.15, 0.2) is 5.82 Å². The molecular formula is C14H18N4O2. The molecule has 0 bridgehead atoms. The number of ether oxygens (including phenoxy) is 1. The van der Waals surface area contributed by atoms with E-state index in [1.54, 1.807) is 24.3 Å². The summed E-state index contributed by atoms with van der Waals surface area (Å²) in [6.45, 7) is 2.80. The minimum atomic E-state index is -0.249. The van der Waals surface area contributed by atoms with Crippen molar-refractivity contribution in [1.29, 1.82) is 0 Å². The minimum absolute atomic E-state index is 0.249.